The largest absolute Gasteiger partial charge is 0.330 e. The van der Waals surface area contributed by atoms with Gasteiger partial charge in [-0.15, -0.1) is 0 Å². The van der Waals surface area contributed by atoms with Gasteiger partial charge in [-0.3, -0.25) is 0 Å². The Labute approximate surface area is 85.8 Å². The number of nitrogens with two attached hydrogens (primary N) is 1. The van der Waals surface area contributed by atoms with E-state index in [4.69, 9.17) is 5.73 Å². The van der Waals surface area contributed by atoms with Crippen molar-refractivity contribution >= 4 is 11.8 Å². The lowest BCUT2D eigenvalue weighted by molar-refractivity contribution is 0.179. The first-order chi connectivity index (χ1) is 6.42. The van der Waals surface area contributed by atoms with E-state index in [1.807, 2.05) is 0 Å². The van der Waals surface area contributed by atoms with Crippen molar-refractivity contribution in [1.82, 2.24) is 0 Å². The van der Waals surface area contributed by atoms with Gasteiger partial charge in [-0.1, -0.05) is 12.8 Å². The van der Waals surface area contributed by atoms with Crippen molar-refractivity contribution in [2.75, 3.05) is 18.1 Å². The van der Waals surface area contributed by atoms with Crippen LogP contribution in [0.3, 0.4) is 0 Å². The van der Waals surface area contributed by atoms with Crippen molar-refractivity contribution in [3.05, 3.63) is 0 Å². The van der Waals surface area contributed by atoms with Gasteiger partial charge in [-0.05, 0) is 55.1 Å². The maximum Gasteiger partial charge on any atom is -0.00361 e. The Balaban J connectivity index is 1.93. The van der Waals surface area contributed by atoms with E-state index in [1.165, 1.54) is 43.6 Å². The molecule has 3 atom stereocenters. The van der Waals surface area contributed by atoms with Crippen molar-refractivity contribution in [1.29, 1.82) is 0 Å². The van der Waals surface area contributed by atoms with Crippen molar-refractivity contribution in [3.8, 4) is 0 Å². The fourth-order valence-electron chi connectivity index (χ4n) is 3.04. The molecule has 0 radical (unpaired) electrons. The molecule has 1 aliphatic carbocycles. The summed E-state index contributed by atoms with van der Waals surface area (Å²) in [4.78, 5) is 0. The third-order valence-electron chi connectivity index (χ3n) is 3.84. The smallest absolute Gasteiger partial charge is 0.00361 e. The van der Waals surface area contributed by atoms with E-state index in [-0.39, 0.29) is 0 Å². The molecule has 1 saturated carbocycles. The van der Waals surface area contributed by atoms with Crippen LogP contribution in [-0.4, -0.2) is 18.1 Å². The van der Waals surface area contributed by atoms with Gasteiger partial charge in [-0.25, -0.2) is 0 Å². The summed E-state index contributed by atoms with van der Waals surface area (Å²) in [6.07, 6.45) is 7.22. The topological polar surface area (TPSA) is 26.0 Å². The Morgan fingerprint density at radius 1 is 1.15 bits per heavy atom. The van der Waals surface area contributed by atoms with Gasteiger partial charge in [-0.2, -0.15) is 11.8 Å². The summed E-state index contributed by atoms with van der Waals surface area (Å²) in [7, 11) is 0. The van der Waals surface area contributed by atoms with Crippen LogP contribution in [0, 0.1) is 17.8 Å². The SMILES string of the molecule is NCC1CCCCC1C1CCSC1. The van der Waals surface area contributed by atoms with Crippen LogP contribution in [0.25, 0.3) is 0 Å². The van der Waals surface area contributed by atoms with Gasteiger partial charge in [0, 0.05) is 0 Å². The highest BCUT2D eigenvalue weighted by Crippen LogP contribution is 2.40. The molecule has 1 aliphatic heterocycles. The van der Waals surface area contributed by atoms with Gasteiger partial charge in [0.1, 0.15) is 0 Å². The van der Waals surface area contributed by atoms with Crippen LogP contribution in [0.4, 0.5) is 0 Å². The average molecular weight is 199 g/mol. The zero-order valence-corrected chi connectivity index (χ0v) is 9.19. The summed E-state index contributed by atoms with van der Waals surface area (Å²) >= 11 is 2.15. The predicted molar refractivity (Wildman–Crippen MR) is 59.9 cm³/mol. The Morgan fingerprint density at radius 3 is 2.69 bits per heavy atom. The zero-order chi connectivity index (χ0) is 9.10. The summed E-state index contributed by atoms with van der Waals surface area (Å²) in [5.74, 6) is 5.67. The minimum absolute atomic E-state index is 0.859. The molecule has 2 rings (SSSR count). The van der Waals surface area contributed by atoms with Crippen molar-refractivity contribution in [2.24, 2.45) is 23.5 Å². The van der Waals surface area contributed by atoms with E-state index in [0.717, 1.165) is 24.3 Å². The molecule has 0 aromatic heterocycles. The van der Waals surface area contributed by atoms with Crippen molar-refractivity contribution in [2.45, 2.75) is 32.1 Å². The zero-order valence-electron chi connectivity index (χ0n) is 8.37. The van der Waals surface area contributed by atoms with E-state index in [2.05, 4.69) is 11.8 Å². The van der Waals surface area contributed by atoms with Crippen LogP contribution in [0.15, 0.2) is 0 Å². The summed E-state index contributed by atoms with van der Waals surface area (Å²) < 4.78 is 0. The van der Waals surface area contributed by atoms with E-state index in [0.29, 0.717) is 0 Å². The second-order valence-corrected chi connectivity index (χ2v) is 5.72. The van der Waals surface area contributed by atoms with Gasteiger partial charge < -0.3 is 5.73 Å². The average Bonchev–Trinajstić information content (AvgIpc) is 2.70. The lowest BCUT2D eigenvalue weighted by Crippen LogP contribution is -2.32. The molecule has 2 heteroatoms. The third-order valence-corrected chi connectivity index (χ3v) is 5.03. The van der Waals surface area contributed by atoms with Gasteiger partial charge in [0.2, 0.25) is 0 Å². The molecule has 2 fully saturated rings. The molecule has 0 aromatic rings. The molecule has 2 aliphatic rings. The van der Waals surface area contributed by atoms with Crippen molar-refractivity contribution < 1.29 is 0 Å². The highest BCUT2D eigenvalue weighted by Gasteiger charge is 2.32. The Bertz CT molecular complexity index is 152. The number of hydrogen-bond acceptors (Lipinski definition) is 2. The molecule has 1 heterocycles. The third kappa shape index (κ3) is 2.21. The second-order valence-electron chi connectivity index (χ2n) is 4.57. The Kier molecular flexibility index (Phi) is 3.56. The highest BCUT2D eigenvalue weighted by molar-refractivity contribution is 7.99. The van der Waals surface area contributed by atoms with Gasteiger partial charge in [0.05, 0.1) is 0 Å². The van der Waals surface area contributed by atoms with Gasteiger partial charge >= 0.3 is 0 Å². The fourth-order valence-corrected chi connectivity index (χ4v) is 4.39. The molecule has 76 valence electrons. The first kappa shape index (κ1) is 9.85. The summed E-state index contributed by atoms with van der Waals surface area (Å²) in [5, 5.41) is 0. The van der Waals surface area contributed by atoms with Crippen LogP contribution in [0.2, 0.25) is 0 Å². The van der Waals surface area contributed by atoms with E-state index < -0.39 is 0 Å². The normalized spacial score (nSPS) is 40.8. The van der Waals surface area contributed by atoms with Crippen LogP contribution >= 0.6 is 11.8 Å². The molecular formula is C11H21NS. The van der Waals surface area contributed by atoms with Crippen LogP contribution in [-0.2, 0) is 0 Å². The highest BCUT2D eigenvalue weighted by atomic mass is 32.2. The molecule has 1 saturated heterocycles. The minimum Gasteiger partial charge on any atom is -0.330 e. The Morgan fingerprint density at radius 2 is 2.00 bits per heavy atom. The lowest BCUT2D eigenvalue weighted by Gasteiger charge is -2.34. The van der Waals surface area contributed by atoms with E-state index in [9.17, 15) is 0 Å². The van der Waals surface area contributed by atoms with E-state index in [1.54, 1.807) is 0 Å². The first-order valence-electron chi connectivity index (χ1n) is 5.69. The van der Waals surface area contributed by atoms with E-state index >= 15 is 0 Å². The summed E-state index contributed by atoms with van der Waals surface area (Å²) in [5.41, 5.74) is 5.85. The molecule has 2 N–H and O–H groups in total. The molecule has 0 amide bonds. The van der Waals surface area contributed by atoms with Gasteiger partial charge in [0.15, 0.2) is 0 Å². The molecule has 0 aromatic carbocycles. The molecule has 0 bridgehead atoms. The van der Waals surface area contributed by atoms with Crippen LogP contribution in [0.1, 0.15) is 32.1 Å². The quantitative estimate of drug-likeness (QED) is 0.739. The predicted octanol–water partition coefficient (Wildman–Crippen LogP) is 2.50. The van der Waals surface area contributed by atoms with Crippen LogP contribution < -0.4 is 5.73 Å². The molecule has 0 spiro atoms. The van der Waals surface area contributed by atoms with Crippen molar-refractivity contribution in [3.63, 3.8) is 0 Å². The molecule has 1 nitrogen and oxygen atoms in total. The number of thioether (sulfide) groups is 1. The lowest BCUT2D eigenvalue weighted by atomic mass is 9.72. The number of rotatable bonds is 2. The standard InChI is InChI=1S/C11H21NS/c12-7-9-3-1-2-4-11(9)10-5-6-13-8-10/h9-11H,1-8,12H2. The molecular weight excluding hydrogens is 178 g/mol. The minimum atomic E-state index is 0.859. The summed E-state index contributed by atoms with van der Waals surface area (Å²) in [6, 6.07) is 0. The fraction of sp³-hybridized carbons (Fsp3) is 1.00. The van der Waals surface area contributed by atoms with Gasteiger partial charge in [0.25, 0.3) is 0 Å². The summed E-state index contributed by atoms with van der Waals surface area (Å²) in [6.45, 7) is 0.936. The molecule has 13 heavy (non-hydrogen) atoms. The van der Waals surface area contributed by atoms with Crippen LogP contribution in [0.5, 0.6) is 0 Å². The maximum atomic E-state index is 5.85. The Hall–Kier alpha value is 0.310. The molecule has 3 unspecified atom stereocenters. The monoisotopic (exact) mass is 199 g/mol. The number of hydrogen-bond donors (Lipinski definition) is 1. The maximum absolute atomic E-state index is 5.85. The first-order valence-corrected chi connectivity index (χ1v) is 6.85. The second kappa shape index (κ2) is 4.70.